The third-order valence-corrected chi connectivity index (χ3v) is 2.41. The van der Waals surface area contributed by atoms with E-state index in [4.69, 9.17) is 4.74 Å². The summed E-state index contributed by atoms with van der Waals surface area (Å²) in [5.41, 5.74) is -0.0418. The molecule has 0 unspecified atom stereocenters. The predicted molar refractivity (Wildman–Crippen MR) is 56.0 cm³/mol. The van der Waals surface area contributed by atoms with Crippen LogP contribution in [0.5, 0.6) is 11.5 Å². The minimum Gasteiger partial charge on any atom is -0.508 e. The molecule has 0 bridgehead atoms. The first-order valence-electron chi connectivity index (χ1n) is 4.76. The standard InChI is InChI=1S/C11H13NO3/c1-11(2)6-15-9-4-3-7(13)5-8(9)12-10(11)14/h3-5,13H,6H2,1-2H3,(H,12,14). The second-order valence-corrected chi connectivity index (χ2v) is 4.31. The average Bonchev–Trinajstić information content (AvgIpc) is 2.25. The van der Waals surface area contributed by atoms with E-state index in [0.717, 1.165) is 0 Å². The predicted octanol–water partition coefficient (Wildman–Crippen LogP) is 1.75. The Morgan fingerprint density at radius 3 is 2.93 bits per heavy atom. The van der Waals surface area contributed by atoms with Crippen molar-refractivity contribution in [3.8, 4) is 11.5 Å². The van der Waals surface area contributed by atoms with Crippen molar-refractivity contribution in [3.05, 3.63) is 18.2 Å². The summed E-state index contributed by atoms with van der Waals surface area (Å²) in [6.07, 6.45) is 0. The Bertz CT molecular complexity index is 412. The van der Waals surface area contributed by atoms with Gasteiger partial charge in [-0.3, -0.25) is 4.79 Å². The van der Waals surface area contributed by atoms with Crippen molar-refractivity contribution in [2.45, 2.75) is 13.8 Å². The first-order chi connectivity index (χ1) is 6.99. The fraction of sp³-hybridized carbons (Fsp3) is 0.364. The van der Waals surface area contributed by atoms with Crippen LogP contribution in [0.4, 0.5) is 5.69 Å². The number of benzene rings is 1. The van der Waals surface area contributed by atoms with Crippen molar-refractivity contribution in [2.24, 2.45) is 5.41 Å². The topological polar surface area (TPSA) is 58.6 Å². The van der Waals surface area contributed by atoms with Gasteiger partial charge in [0, 0.05) is 6.07 Å². The number of carbonyl (C=O) groups is 1. The monoisotopic (exact) mass is 207 g/mol. The maximum atomic E-state index is 11.7. The van der Waals surface area contributed by atoms with Crippen molar-refractivity contribution >= 4 is 11.6 Å². The van der Waals surface area contributed by atoms with Crippen molar-refractivity contribution in [1.29, 1.82) is 0 Å². The van der Waals surface area contributed by atoms with Gasteiger partial charge in [-0.25, -0.2) is 0 Å². The zero-order chi connectivity index (χ0) is 11.1. The van der Waals surface area contributed by atoms with Crippen LogP contribution in [-0.4, -0.2) is 17.6 Å². The molecule has 0 fully saturated rings. The smallest absolute Gasteiger partial charge is 0.233 e. The van der Waals surface area contributed by atoms with Crippen LogP contribution in [0.15, 0.2) is 18.2 Å². The van der Waals surface area contributed by atoms with Crippen LogP contribution in [0.2, 0.25) is 0 Å². The number of ether oxygens (including phenoxy) is 1. The number of rotatable bonds is 0. The summed E-state index contributed by atoms with van der Waals surface area (Å²) in [6.45, 7) is 3.96. The highest BCUT2D eigenvalue weighted by Crippen LogP contribution is 2.34. The Morgan fingerprint density at radius 2 is 2.20 bits per heavy atom. The highest BCUT2D eigenvalue weighted by molar-refractivity contribution is 5.97. The Morgan fingerprint density at radius 1 is 1.47 bits per heavy atom. The molecule has 15 heavy (non-hydrogen) atoms. The zero-order valence-corrected chi connectivity index (χ0v) is 8.70. The molecule has 0 radical (unpaired) electrons. The largest absolute Gasteiger partial charge is 0.508 e. The van der Waals surface area contributed by atoms with Crippen molar-refractivity contribution in [3.63, 3.8) is 0 Å². The molecule has 0 spiro atoms. The Balaban J connectivity index is 2.40. The van der Waals surface area contributed by atoms with E-state index in [9.17, 15) is 9.90 Å². The highest BCUT2D eigenvalue weighted by atomic mass is 16.5. The third-order valence-electron chi connectivity index (χ3n) is 2.41. The molecule has 0 atom stereocenters. The van der Waals surface area contributed by atoms with Crippen molar-refractivity contribution < 1.29 is 14.6 Å². The lowest BCUT2D eigenvalue weighted by Crippen LogP contribution is -2.33. The molecule has 0 saturated carbocycles. The van der Waals surface area contributed by atoms with E-state index in [2.05, 4.69) is 5.32 Å². The van der Waals surface area contributed by atoms with E-state index in [-0.39, 0.29) is 11.7 Å². The number of phenolic OH excluding ortho intramolecular Hbond substituents is 1. The molecular weight excluding hydrogens is 194 g/mol. The Kier molecular flexibility index (Phi) is 2.07. The zero-order valence-electron chi connectivity index (χ0n) is 8.70. The summed E-state index contributed by atoms with van der Waals surface area (Å²) in [7, 11) is 0. The molecule has 1 amide bonds. The number of fused-ring (bicyclic) bond motifs is 1. The quantitative estimate of drug-likeness (QED) is 0.681. The van der Waals surface area contributed by atoms with Gasteiger partial charge in [0.1, 0.15) is 18.1 Å². The molecule has 4 heteroatoms. The number of hydrogen-bond donors (Lipinski definition) is 2. The molecule has 2 N–H and O–H groups in total. The van der Waals surface area contributed by atoms with E-state index in [1.807, 2.05) is 13.8 Å². The van der Waals surface area contributed by atoms with Crippen molar-refractivity contribution in [2.75, 3.05) is 11.9 Å². The normalized spacial score (nSPS) is 18.4. The van der Waals surface area contributed by atoms with Gasteiger partial charge in [0.05, 0.1) is 11.1 Å². The van der Waals surface area contributed by atoms with Gasteiger partial charge in [-0.2, -0.15) is 0 Å². The minimum atomic E-state index is -0.561. The fourth-order valence-electron chi connectivity index (χ4n) is 1.36. The van der Waals surface area contributed by atoms with Gasteiger partial charge < -0.3 is 15.2 Å². The number of nitrogens with one attached hydrogen (secondary N) is 1. The number of phenols is 1. The number of anilines is 1. The maximum absolute atomic E-state index is 11.7. The molecule has 1 aliphatic heterocycles. The molecular formula is C11H13NO3. The van der Waals surface area contributed by atoms with E-state index in [0.29, 0.717) is 18.0 Å². The van der Waals surface area contributed by atoms with Gasteiger partial charge in [-0.15, -0.1) is 0 Å². The number of hydrogen-bond acceptors (Lipinski definition) is 3. The van der Waals surface area contributed by atoms with Crippen LogP contribution in [0.25, 0.3) is 0 Å². The maximum Gasteiger partial charge on any atom is 0.233 e. The minimum absolute atomic E-state index is 0.105. The van der Waals surface area contributed by atoms with Crippen molar-refractivity contribution in [1.82, 2.24) is 0 Å². The van der Waals surface area contributed by atoms with E-state index < -0.39 is 5.41 Å². The molecule has 2 rings (SSSR count). The Labute approximate surface area is 87.9 Å². The van der Waals surface area contributed by atoms with Gasteiger partial charge in [-0.05, 0) is 26.0 Å². The lowest BCUT2D eigenvalue weighted by molar-refractivity contribution is -0.124. The number of amides is 1. The second-order valence-electron chi connectivity index (χ2n) is 4.31. The molecule has 1 aliphatic rings. The van der Waals surface area contributed by atoms with Crippen LogP contribution < -0.4 is 10.1 Å². The lowest BCUT2D eigenvalue weighted by atomic mass is 9.94. The number of aromatic hydroxyl groups is 1. The molecule has 0 aromatic heterocycles. The molecule has 1 heterocycles. The summed E-state index contributed by atoms with van der Waals surface area (Å²) in [4.78, 5) is 11.7. The SMILES string of the molecule is CC1(C)COc2ccc(O)cc2NC1=O. The van der Waals surface area contributed by atoms with Gasteiger partial charge in [0.2, 0.25) is 5.91 Å². The second kappa shape index (κ2) is 3.15. The van der Waals surface area contributed by atoms with Crippen LogP contribution in [0.1, 0.15) is 13.8 Å². The summed E-state index contributed by atoms with van der Waals surface area (Å²) in [6, 6.07) is 4.66. The molecule has 80 valence electrons. The van der Waals surface area contributed by atoms with Gasteiger partial charge in [-0.1, -0.05) is 0 Å². The first-order valence-corrected chi connectivity index (χ1v) is 4.76. The van der Waals surface area contributed by atoms with E-state index in [1.165, 1.54) is 12.1 Å². The number of carbonyl (C=O) groups excluding carboxylic acids is 1. The van der Waals surface area contributed by atoms with Crippen LogP contribution >= 0.6 is 0 Å². The van der Waals surface area contributed by atoms with E-state index >= 15 is 0 Å². The summed E-state index contributed by atoms with van der Waals surface area (Å²) >= 11 is 0. The molecule has 1 aromatic carbocycles. The van der Waals surface area contributed by atoms with Crippen LogP contribution in [0, 0.1) is 5.41 Å². The van der Waals surface area contributed by atoms with Gasteiger partial charge in [0.25, 0.3) is 0 Å². The molecule has 0 saturated heterocycles. The van der Waals surface area contributed by atoms with Gasteiger partial charge in [0.15, 0.2) is 0 Å². The third kappa shape index (κ3) is 1.75. The molecule has 0 aliphatic carbocycles. The van der Waals surface area contributed by atoms with Crippen LogP contribution in [0.3, 0.4) is 0 Å². The molecule has 4 nitrogen and oxygen atoms in total. The lowest BCUT2D eigenvalue weighted by Gasteiger charge is -2.18. The van der Waals surface area contributed by atoms with E-state index in [1.54, 1.807) is 6.07 Å². The average molecular weight is 207 g/mol. The summed E-state index contributed by atoms with van der Waals surface area (Å²) in [5, 5.41) is 12.0. The summed E-state index contributed by atoms with van der Waals surface area (Å²) in [5.74, 6) is 0.593. The first kappa shape index (κ1) is 9.83. The molecule has 1 aromatic rings. The highest BCUT2D eigenvalue weighted by Gasteiger charge is 2.32. The Hall–Kier alpha value is -1.71. The van der Waals surface area contributed by atoms with Gasteiger partial charge >= 0.3 is 0 Å². The fourth-order valence-corrected chi connectivity index (χ4v) is 1.36. The summed E-state index contributed by atoms with van der Waals surface area (Å²) < 4.78 is 5.49. The van der Waals surface area contributed by atoms with Crippen LogP contribution in [-0.2, 0) is 4.79 Å².